The molecule has 0 heterocycles. The quantitative estimate of drug-likeness (QED) is 0.146. The normalized spacial score (nSPS) is 12.1. The molecule has 0 aromatic heterocycles. The molecule has 0 aliphatic rings. The lowest BCUT2D eigenvalue weighted by atomic mass is 10.1. The molecule has 194 valence electrons. The van der Waals surface area contributed by atoms with Crippen molar-refractivity contribution in [3.8, 4) is 0 Å². The Bertz CT molecular complexity index is 912. The van der Waals surface area contributed by atoms with Crippen LogP contribution in [0.25, 0.3) is 0 Å². The molecule has 0 amide bonds. The van der Waals surface area contributed by atoms with E-state index in [0.717, 1.165) is 26.2 Å². The Hall–Kier alpha value is -2.20. The fourth-order valence-corrected chi connectivity index (χ4v) is 9.72. The molecule has 0 saturated heterocycles. The van der Waals surface area contributed by atoms with E-state index in [1.54, 1.807) is 0 Å². The molecule has 0 fully saturated rings. The molecule has 0 aliphatic heterocycles. The van der Waals surface area contributed by atoms with Crippen LogP contribution in [0.3, 0.4) is 0 Å². The second kappa shape index (κ2) is 15.1. The van der Waals surface area contributed by atoms with Gasteiger partial charge in [-0.15, -0.1) is 0 Å². The molecule has 0 unspecified atom stereocenters. The van der Waals surface area contributed by atoms with Crippen molar-refractivity contribution in [1.82, 2.24) is 0 Å². The highest BCUT2D eigenvalue weighted by Crippen LogP contribution is 2.36. The highest BCUT2D eigenvalue weighted by atomic mass is 28.4. The Morgan fingerprint density at radius 1 is 0.528 bits per heavy atom. The van der Waals surface area contributed by atoms with Crippen molar-refractivity contribution < 1.29 is 9.16 Å². The minimum absolute atomic E-state index is 0.0561. The molecule has 3 heteroatoms. The molecule has 3 aromatic carbocycles. The maximum atomic E-state index is 7.01. The zero-order valence-corrected chi connectivity index (χ0v) is 23.8. The second-order valence-corrected chi connectivity index (χ2v) is 15.2. The van der Waals surface area contributed by atoms with E-state index in [0.29, 0.717) is 0 Å². The van der Waals surface area contributed by atoms with Gasteiger partial charge in [0.05, 0.1) is 6.61 Å². The van der Waals surface area contributed by atoms with Gasteiger partial charge in [-0.1, -0.05) is 150 Å². The lowest BCUT2D eigenvalue weighted by Gasteiger charge is -2.43. The minimum Gasteiger partial charge on any atom is -0.407 e. The van der Waals surface area contributed by atoms with Crippen LogP contribution in [0.15, 0.2) is 91.0 Å². The van der Waals surface area contributed by atoms with E-state index >= 15 is 0 Å². The number of ether oxygens (including phenoxy) is 1. The molecule has 3 aromatic rings. The van der Waals surface area contributed by atoms with Gasteiger partial charge in [0.25, 0.3) is 8.32 Å². The highest BCUT2D eigenvalue weighted by molar-refractivity contribution is 6.99. The van der Waals surface area contributed by atoms with Gasteiger partial charge in [0.2, 0.25) is 0 Å². The summed E-state index contributed by atoms with van der Waals surface area (Å²) in [7, 11) is -2.38. The summed E-state index contributed by atoms with van der Waals surface area (Å²) < 4.78 is 12.8. The van der Waals surface area contributed by atoms with Crippen LogP contribution >= 0.6 is 0 Å². The Kier molecular flexibility index (Phi) is 11.9. The number of rotatable bonds is 16. The third kappa shape index (κ3) is 8.43. The molecular weight excluding hydrogens is 456 g/mol. The van der Waals surface area contributed by atoms with Crippen LogP contribution in [0.1, 0.15) is 77.7 Å². The Morgan fingerprint density at radius 3 is 1.42 bits per heavy atom. The van der Waals surface area contributed by atoms with Crippen molar-refractivity contribution in [2.24, 2.45) is 0 Å². The summed E-state index contributed by atoms with van der Waals surface area (Å²) in [5.41, 5.74) is 1.26. The zero-order valence-electron chi connectivity index (χ0n) is 22.8. The van der Waals surface area contributed by atoms with Crippen molar-refractivity contribution in [2.75, 3.05) is 13.2 Å². The van der Waals surface area contributed by atoms with Crippen molar-refractivity contribution in [1.29, 1.82) is 0 Å². The lowest BCUT2D eigenvalue weighted by molar-refractivity contribution is 0.116. The molecule has 0 spiro atoms. The fourth-order valence-electron chi connectivity index (χ4n) is 5.12. The third-order valence-corrected chi connectivity index (χ3v) is 12.1. The van der Waals surface area contributed by atoms with Crippen LogP contribution < -0.4 is 10.4 Å². The molecule has 0 N–H and O–H groups in total. The van der Waals surface area contributed by atoms with Crippen molar-refractivity contribution in [3.05, 3.63) is 96.6 Å². The van der Waals surface area contributed by atoms with Gasteiger partial charge in [0.1, 0.15) is 0 Å². The summed E-state index contributed by atoms with van der Waals surface area (Å²) in [4.78, 5) is 0. The summed E-state index contributed by atoms with van der Waals surface area (Å²) in [5.74, 6) is 0. The van der Waals surface area contributed by atoms with E-state index in [2.05, 4.69) is 106 Å². The standard InChI is InChI=1S/C33H46O2Si/c1-33(2,3)36(31-23-15-11-16-24-31,32-25-17-12-18-26-32)35-28-20-9-7-5-4-6-8-19-27-34-29-30-21-13-10-14-22-30/h10-18,21-26H,4-9,19-20,27-29H2,1-3H3. The average Bonchev–Trinajstić information content (AvgIpc) is 2.90. The van der Waals surface area contributed by atoms with Crippen molar-refractivity contribution in [2.45, 2.75) is 83.8 Å². The maximum absolute atomic E-state index is 7.01. The SMILES string of the molecule is CC(C)(C)[Si](OCCCCCCCCCCOCc1ccccc1)(c1ccccc1)c1ccccc1. The van der Waals surface area contributed by atoms with Crippen LogP contribution in [0, 0.1) is 0 Å². The van der Waals surface area contributed by atoms with Gasteiger partial charge in [-0.3, -0.25) is 0 Å². The number of hydrogen-bond acceptors (Lipinski definition) is 2. The van der Waals surface area contributed by atoms with E-state index in [1.165, 1.54) is 60.9 Å². The molecule has 0 atom stereocenters. The molecule has 3 rings (SSSR count). The van der Waals surface area contributed by atoms with Gasteiger partial charge >= 0.3 is 0 Å². The first-order valence-electron chi connectivity index (χ1n) is 13.9. The number of hydrogen-bond donors (Lipinski definition) is 0. The van der Waals surface area contributed by atoms with Crippen molar-refractivity contribution >= 4 is 18.7 Å². The first kappa shape index (κ1) is 28.4. The maximum Gasteiger partial charge on any atom is 0.261 e. The van der Waals surface area contributed by atoms with Gasteiger partial charge in [-0.2, -0.15) is 0 Å². The zero-order chi connectivity index (χ0) is 25.5. The molecule has 0 saturated carbocycles. The van der Waals surface area contributed by atoms with Gasteiger partial charge in [-0.05, 0) is 33.8 Å². The Morgan fingerprint density at radius 2 is 0.944 bits per heavy atom. The topological polar surface area (TPSA) is 18.5 Å². The van der Waals surface area contributed by atoms with Crippen LogP contribution in [-0.4, -0.2) is 21.5 Å². The van der Waals surface area contributed by atoms with E-state index < -0.39 is 8.32 Å². The predicted octanol–water partition coefficient (Wildman–Crippen LogP) is 7.90. The molecule has 2 nitrogen and oxygen atoms in total. The first-order chi connectivity index (χ1) is 17.5. The van der Waals surface area contributed by atoms with Gasteiger partial charge in [-0.25, -0.2) is 0 Å². The molecule has 0 radical (unpaired) electrons. The van der Waals surface area contributed by atoms with E-state index in [1.807, 2.05) is 6.07 Å². The molecule has 0 bridgehead atoms. The monoisotopic (exact) mass is 502 g/mol. The lowest BCUT2D eigenvalue weighted by Crippen LogP contribution is -2.66. The van der Waals surface area contributed by atoms with Crippen LogP contribution in [0.5, 0.6) is 0 Å². The number of benzene rings is 3. The van der Waals surface area contributed by atoms with Gasteiger partial charge in [0.15, 0.2) is 0 Å². The summed E-state index contributed by atoms with van der Waals surface area (Å²) in [6.45, 7) is 9.50. The van der Waals surface area contributed by atoms with Crippen LogP contribution in [0.4, 0.5) is 0 Å². The van der Waals surface area contributed by atoms with E-state index in [-0.39, 0.29) is 5.04 Å². The van der Waals surface area contributed by atoms with E-state index in [4.69, 9.17) is 9.16 Å². The van der Waals surface area contributed by atoms with Crippen LogP contribution in [-0.2, 0) is 15.8 Å². The summed E-state index contributed by atoms with van der Waals surface area (Å²) in [6.07, 6.45) is 10.1. The predicted molar refractivity (Wildman–Crippen MR) is 157 cm³/mol. The summed E-state index contributed by atoms with van der Waals surface area (Å²) in [5, 5.41) is 2.80. The highest BCUT2D eigenvalue weighted by Gasteiger charge is 2.49. The fraction of sp³-hybridized carbons (Fsp3) is 0.455. The van der Waals surface area contributed by atoms with E-state index in [9.17, 15) is 0 Å². The molecule has 0 aliphatic carbocycles. The Balaban J connectivity index is 1.35. The van der Waals surface area contributed by atoms with Gasteiger partial charge < -0.3 is 9.16 Å². The second-order valence-electron chi connectivity index (χ2n) is 10.9. The molecule has 36 heavy (non-hydrogen) atoms. The minimum atomic E-state index is -2.38. The Labute approximate surface area is 221 Å². The smallest absolute Gasteiger partial charge is 0.261 e. The summed E-state index contributed by atoms with van der Waals surface area (Å²) in [6, 6.07) is 32.4. The average molecular weight is 503 g/mol. The van der Waals surface area contributed by atoms with Crippen molar-refractivity contribution in [3.63, 3.8) is 0 Å². The third-order valence-electron chi connectivity index (χ3n) is 7.03. The first-order valence-corrected chi connectivity index (χ1v) is 15.8. The summed E-state index contributed by atoms with van der Waals surface area (Å²) >= 11 is 0. The van der Waals surface area contributed by atoms with Crippen LogP contribution in [0.2, 0.25) is 5.04 Å². The molecular formula is C33H46O2Si. The van der Waals surface area contributed by atoms with Gasteiger partial charge in [0, 0.05) is 13.2 Å². The largest absolute Gasteiger partial charge is 0.407 e. The number of unbranched alkanes of at least 4 members (excludes halogenated alkanes) is 7.